The first-order chi connectivity index (χ1) is 14.0. The predicted octanol–water partition coefficient (Wildman–Crippen LogP) is 4.14. The molecule has 29 heavy (non-hydrogen) atoms. The van der Waals surface area contributed by atoms with Crippen molar-refractivity contribution in [1.82, 2.24) is 5.32 Å². The number of halogens is 1. The van der Waals surface area contributed by atoms with E-state index in [0.29, 0.717) is 47.6 Å². The van der Waals surface area contributed by atoms with Crippen molar-refractivity contribution < 1.29 is 23.7 Å². The Morgan fingerprint density at radius 1 is 1.03 bits per heavy atom. The lowest BCUT2D eigenvalue weighted by molar-refractivity contribution is -0.116. The highest BCUT2D eigenvalue weighted by Crippen LogP contribution is 2.36. The molecule has 2 rings (SSSR count). The molecule has 2 aromatic carbocycles. The van der Waals surface area contributed by atoms with Gasteiger partial charge in [-0.2, -0.15) is 0 Å². The van der Waals surface area contributed by atoms with E-state index in [1.165, 1.54) is 6.08 Å². The van der Waals surface area contributed by atoms with Gasteiger partial charge in [0.25, 0.3) is 0 Å². The number of ether oxygens (including phenoxy) is 4. The number of carbonyl (C=O) groups excluding carboxylic acids is 1. The fourth-order valence-corrected chi connectivity index (χ4v) is 2.99. The molecule has 156 valence electrons. The van der Waals surface area contributed by atoms with Crippen molar-refractivity contribution in [3.05, 3.63) is 52.6 Å². The van der Waals surface area contributed by atoms with Gasteiger partial charge in [0.1, 0.15) is 0 Å². The molecule has 0 saturated heterocycles. The van der Waals surface area contributed by atoms with Crippen molar-refractivity contribution in [3.8, 4) is 23.0 Å². The van der Waals surface area contributed by atoms with Gasteiger partial charge in [0, 0.05) is 12.6 Å². The van der Waals surface area contributed by atoms with Crippen LogP contribution in [0.3, 0.4) is 0 Å². The molecular formula is C22H26ClNO5. The molecule has 6 nitrogen and oxygen atoms in total. The van der Waals surface area contributed by atoms with Gasteiger partial charge in [-0.25, -0.2) is 0 Å². The number of methoxy groups -OCH3 is 3. The van der Waals surface area contributed by atoms with Crippen molar-refractivity contribution in [1.29, 1.82) is 0 Å². The summed E-state index contributed by atoms with van der Waals surface area (Å²) in [6, 6.07) is 9.18. The van der Waals surface area contributed by atoms with E-state index >= 15 is 0 Å². The topological polar surface area (TPSA) is 66.0 Å². The Labute approximate surface area is 176 Å². The molecule has 1 amide bonds. The summed E-state index contributed by atoms with van der Waals surface area (Å²) in [5.74, 6) is 2.15. The van der Waals surface area contributed by atoms with Crippen LogP contribution in [0.5, 0.6) is 23.0 Å². The smallest absolute Gasteiger partial charge is 0.244 e. The molecule has 0 unspecified atom stereocenters. The van der Waals surface area contributed by atoms with E-state index in [2.05, 4.69) is 5.32 Å². The van der Waals surface area contributed by atoms with E-state index in [4.69, 9.17) is 30.5 Å². The SMILES string of the molecule is CCOc1c(Cl)cc(/C=C/C(=O)NCCc2ccc(OC)c(OC)c2)cc1OC. The minimum atomic E-state index is -0.200. The third kappa shape index (κ3) is 6.32. The van der Waals surface area contributed by atoms with E-state index in [-0.39, 0.29) is 5.91 Å². The molecule has 0 radical (unpaired) electrons. The Kier molecular flexibility index (Phi) is 8.68. The number of amides is 1. The highest BCUT2D eigenvalue weighted by molar-refractivity contribution is 6.32. The summed E-state index contributed by atoms with van der Waals surface area (Å²) in [4.78, 5) is 12.1. The molecule has 7 heteroatoms. The molecule has 0 heterocycles. The average molecular weight is 420 g/mol. The van der Waals surface area contributed by atoms with Gasteiger partial charge in [-0.05, 0) is 54.8 Å². The zero-order valence-electron chi connectivity index (χ0n) is 17.1. The molecular weight excluding hydrogens is 394 g/mol. The molecule has 1 N–H and O–H groups in total. The van der Waals surface area contributed by atoms with E-state index in [1.54, 1.807) is 39.5 Å². The fourth-order valence-electron chi connectivity index (χ4n) is 2.72. The molecule has 0 aliphatic heterocycles. The van der Waals surface area contributed by atoms with Crippen molar-refractivity contribution in [2.45, 2.75) is 13.3 Å². The molecule has 0 saturated carbocycles. The lowest BCUT2D eigenvalue weighted by Crippen LogP contribution is -2.23. The Morgan fingerprint density at radius 2 is 1.76 bits per heavy atom. The summed E-state index contributed by atoms with van der Waals surface area (Å²) in [6.45, 7) is 2.84. The second kappa shape index (κ2) is 11.2. The quantitative estimate of drug-likeness (QED) is 0.586. The number of carbonyl (C=O) groups is 1. The Balaban J connectivity index is 1.94. The number of hydrogen-bond acceptors (Lipinski definition) is 5. The number of benzene rings is 2. The summed E-state index contributed by atoms with van der Waals surface area (Å²) >= 11 is 6.25. The van der Waals surface area contributed by atoms with E-state index in [9.17, 15) is 4.79 Å². The Hall–Kier alpha value is -2.86. The van der Waals surface area contributed by atoms with Crippen LogP contribution in [-0.2, 0) is 11.2 Å². The van der Waals surface area contributed by atoms with E-state index in [0.717, 1.165) is 11.1 Å². The van der Waals surface area contributed by atoms with Crippen LogP contribution in [0.2, 0.25) is 5.02 Å². The summed E-state index contributed by atoms with van der Waals surface area (Å²) < 4.78 is 21.3. The van der Waals surface area contributed by atoms with Gasteiger partial charge < -0.3 is 24.3 Å². The third-order valence-electron chi connectivity index (χ3n) is 4.13. The Bertz CT molecular complexity index is 867. The molecule has 0 fully saturated rings. The van der Waals surface area contributed by atoms with Crippen molar-refractivity contribution in [2.24, 2.45) is 0 Å². The zero-order chi connectivity index (χ0) is 21.2. The summed E-state index contributed by atoms with van der Waals surface area (Å²) in [6.07, 6.45) is 3.80. The molecule has 2 aromatic rings. The lowest BCUT2D eigenvalue weighted by atomic mass is 10.1. The summed E-state index contributed by atoms with van der Waals surface area (Å²) in [5, 5.41) is 3.29. The molecule has 0 aromatic heterocycles. The fraction of sp³-hybridized carbons (Fsp3) is 0.318. The maximum absolute atomic E-state index is 12.1. The zero-order valence-corrected chi connectivity index (χ0v) is 17.8. The van der Waals surface area contributed by atoms with Gasteiger partial charge in [-0.15, -0.1) is 0 Å². The van der Waals surface area contributed by atoms with E-state index in [1.807, 2.05) is 25.1 Å². The van der Waals surface area contributed by atoms with Crippen LogP contribution in [0.15, 0.2) is 36.4 Å². The maximum Gasteiger partial charge on any atom is 0.244 e. The number of nitrogens with one attached hydrogen (secondary N) is 1. The standard InChI is InChI=1S/C22H26ClNO5/c1-5-29-22-17(23)12-16(14-20(22)28-4)7-9-21(25)24-11-10-15-6-8-18(26-2)19(13-15)27-3/h6-9,12-14H,5,10-11H2,1-4H3,(H,24,25)/b9-7+. The average Bonchev–Trinajstić information content (AvgIpc) is 2.73. The monoisotopic (exact) mass is 419 g/mol. The second-order valence-electron chi connectivity index (χ2n) is 6.03. The van der Waals surface area contributed by atoms with Crippen LogP contribution in [0.25, 0.3) is 6.08 Å². The van der Waals surface area contributed by atoms with Crippen LogP contribution in [0.4, 0.5) is 0 Å². The third-order valence-corrected chi connectivity index (χ3v) is 4.41. The minimum Gasteiger partial charge on any atom is -0.493 e. The van der Waals surface area contributed by atoms with Gasteiger partial charge in [0.2, 0.25) is 5.91 Å². The molecule has 0 aliphatic rings. The molecule has 0 bridgehead atoms. The predicted molar refractivity (Wildman–Crippen MR) is 114 cm³/mol. The molecule has 0 atom stereocenters. The van der Waals surface area contributed by atoms with Gasteiger partial charge >= 0.3 is 0 Å². The summed E-state index contributed by atoms with van der Waals surface area (Å²) in [5.41, 5.74) is 1.78. The largest absolute Gasteiger partial charge is 0.493 e. The van der Waals surface area contributed by atoms with Crippen LogP contribution < -0.4 is 24.3 Å². The van der Waals surface area contributed by atoms with Crippen molar-refractivity contribution in [2.75, 3.05) is 34.5 Å². The van der Waals surface area contributed by atoms with Crippen LogP contribution in [-0.4, -0.2) is 40.4 Å². The number of rotatable bonds is 10. The van der Waals surface area contributed by atoms with Crippen LogP contribution in [0.1, 0.15) is 18.1 Å². The first-order valence-electron chi connectivity index (χ1n) is 9.19. The molecule has 0 aliphatic carbocycles. The maximum atomic E-state index is 12.1. The normalized spacial score (nSPS) is 10.7. The van der Waals surface area contributed by atoms with Crippen molar-refractivity contribution >= 4 is 23.6 Å². The van der Waals surface area contributed by atoms with Gasteiger partial charge in [-0.3, -0.25) is 4.79 Å². The minimum absolute atomic E-state index is 0.200. The van der Waals surface area contributed by atoms with Crippen molar-refractivity contribution in [3.63, 3.8) is 0 Å². The lowest BCUT2D eigenvalue weighted by Gasteiger charge is -2.12. The van der Waals surface area contributed by atoms with Crippen LogP contribution >= 0.6 is 11.6 Å². The highest BCUT2D eigenvalue weighted by Gasteiger charge is 2.11. The van der Waals surface area contributed by atoms with Gasteiger partial charge in [0.05, 0.1) is 33.0 Å². The highest BCUT2D eigenvalue weighted by atomic mass is 35.5. The van der Waals surface area contributed by atoms with Gasteiger partial charge in [-0.1, -0.05) is 17.7 Å². The summed E-state index contributed by atoms with van der Waals surface area (Å²) in [7, 11) is 4.73. The number of hydrogen-bond donors (Lipinski definition) is 1. The molecule has 0 spiro atoms. The second-order valence-corrected chi connectivity index (χ2v) is 6.44. The van der Waals surface area contributed by atoms with E-state index < -0.39 is 0 Å². The van der Waals surface area contributed by atoms with Crippen LogP contribution in [0, 0.1) is 0 Å². The Morgan fingerprint density at radius 3 is 2.41 bits per heavy atom. The first kappa shape index (κ1) is 22.4. The first-order valence-corrected chi connectivity index (χ1v) is 9.57. The van der Waals surface area contributed by atoms with Gasteiger partial charge in [0.15, 0.2) is 23.0 Å².